The molecule has 154 valence electrons. The summed E-state index contributed by atoms with van der Waals surface area (Å²) < 4.78 is 32.1. The molecule has 0 fully saturated rings. The van der Waals surface area contributed by atoms with Gasteiger partial charge in [0.05, 0.1) is 5.02 Å². The van der Waals surface area contributed by atoms with Crippen LogP contribution in [-0.2, 0) is 0 Å². The molecule has 1 amide bonds. The lowest BCUT2D eigenvalue weighted by atomic mass is 10.2. The van der Waals surface area contributed by atoms with E-state index in [0.29, 0.717) is 34.3 Å². The van der Waals surface area contributed by atoms with Gasteiger partial charge in [-0.2, -0.15) is 4.98 Å². The summed E-state index contributed by atoms with van der Waals surface area (Å²) >= 11 is 5.73. The van der Waals surface area contributed by atoms with Crippen LogP contribution in [0.3, 0.4) is 0 Å². The number of aromatic nitrogens is 2. The van der Waals surface area contributed by atoms with E-state index < -0.39 is 5.82 Å². The van der Waals surface area contributed by atoms with Gasteiger partial charge < -0.3 is 10.1 Å². The third kappa shape index (κ3) is 5.02. The highest BCUT2D eigenvalue weighted by Gasteiger charge is 2.09. The number of benzene rings is 3. The molecule has 1 aromatic heterocycles. The largest absolute Gasteiger partial charge is 0.439 e. The van der Waals surface area contributed by atoms with E-state index in [2.05, 4.69) is 15.3 Å². The quantitative estimate of drug-likeness (QED) is 0.408. The Morgan fingerprint density at radius 2 is 1.68 bits per heavy atom. The summed E-state index contributed by atoms with van der Waals surface area (Å²) in [6.07, 6.45) is 1.54. The van der Waals surface area contributed by atoms with Crippen LogP contribution >= 0.6 is 11.6 Å². The Morgan fingerprint density at radius 3 is 2.39 bits per heavy atom. The van der Waals surface area contributed by atoms with E-state index in [1.807, 2.05) is 0 Å². The fourth-order valence-electron chi connectivity index (χ4n) is 2.71. The number of hydrogen-bond acceptors (Lipinski definition) is 4. The van der Waals surface area contributed by atoms with Crippen LogP contribution in [0.15, 0.2) is 79.0 Å². The third-order valence-corrected chi connectivity index (χ3v) is 4.54. The molecule has 0 atom stereocenters. The Kier molecular flexibility index (Phi) is 5.86. The molecule has 0 spiro atoms. The van der Waals surface area contributed by atoms with E-state index in [0.717, 1.165) is 0 Å². The SMILES string of the molecule is O=C(Nc1ccc(F)c(Cl)c1)c1ccc(Oc2ccnc(-c3ccc(F)cc3)n2)cc1. The number of carbonyl (C=O) groups is 1. The van der Waals surface area contributed by atoms with Gasteiger partial charge in [0.25, 0.3) is 5.91 Å². The van der Waals surface area contributed by atoms with Crippen LogP contribution in [0.2, 0.25) is 5.02 Å². The average molecular weight is 438 g/mol. The van der Waals surface area contributed by atoms with Crippen molar-refractivity contribution in [3.8, 4) is 23.0 Å². The first kappa shape index (κ1) is 20.4. The molecule has 0 aliphatic rings. The molecule has 0 saturated heterocycles. The summed E-state index contributed by atoms with van der Waals surface area (Å²) in [6.45, 7) is 0. The standard InChI is InChI=1S/C23H14ClF2N3O2/c24-19-13-17(7-10-20(19)26)28-23(30)15-3-8-18(9-4-15)31-21-11-12-27-22(29-21)14-1-5-16(25)6-2-14/h1-13H,(H,28,30). The van der Waals surface area contributed by atoms with Crippen LogP contribution in [0.25, 0.3) is 11.4 Å². The molecule has 0 bridgehead atoms. The molecule has 0 unspecified atom stereocenters. The van der Waals surface area contributed by atoms with E-state index in [4.69, 9.17) is 16.3 Å². The van der Waals surface area contributed by atoms with Crippen LogP contribution in [0.1, 0.15) is 10.4 Å². The van der Waals surface area contributed by atoms with Crippen molar-refractivity contribution in [1.29, 1.82) is 0 Å². The first-order chi connectivity index (χ1) is 15.0. The van der Waals surface area contributed by atoms with Crippen LogP contribution in [0.5, 0.6) is 11.6 Å². The summed E-state index contributed by atoms with van der Waals surface area (Å²) in [4.78, 5) is 20.9. The van der Waals surface area contributed by atoms with Gasteiger partial charge in [-0.3, -0.25) is 4.79 Å². The zero-order chi connectivity index (χ0) is 21.8. The van der Waals surface area contributed by atoms with Crippen molar-refractivity contribution in [2.45, 2.75) is 0 Å². The van der Waals surface area contributed by atoms with E-state index in [9.17, 15) is 13.6 Å². The van der Waals surface area contributed by atoms with Crippen molar-refractivity contribution in [3.05, 3.63) is 101 Å². The number of anilines is 1. The maximum Gasteiger partial charge on any atom is 0.255 e. The predicted octanol–water partition coefficient (Wildman–Crippen LogP) is 6.12. The number of amides is 1. The van der Waals surface area contributed by atoms with Gasteiger partial charge in [0.1, 0.15) is 17.4 Å². The van der Waals surface area contributed by atoms with Gasteiger partial charge in [0.2, 0.25) is 5.88 Å². The van der Waals surface area contributed by atoms with Gasteiger partial charge in [-0.05, 0) is 66.7 Å². The first-order valence-electron chi connectivity index (χ1n) is 9.11. The van der Waals surface area contributed by atoms with Gasteiger partial charge in [-0.15, -0.1) is 0 Å². The molecule has 1 heterocycles. The van der Waals surface area contributed by atoms with E-state index >= 15 is 0 Å². The number of carbonyl (C=O) groups excluding carboxylic acids is 1. The van der Waals surface area contributed by atoms with Crippen LogP contribution in [0, 0.1) is 11.6 Å². The van der Waals surface area contributed by atoms with E-state index in [-0.39, 0.29) is 16.7 Å². The second-order valence-electron chi connectivity index (χ2n) is 6.43. The van der Waals surface area contributed by atoms with Crippen LogP contribution in [0.4, 0.5) is 14.5 Å². The summed E-state index contributed by atoms with van der Waals surface area (Å²) in [7, 11) is 0. The monoisotopic (exact) mass is 437 g/mol. The molecule has 8 heteroatoms. The van der Waals surface area contributed by atoms with Crippen molar-refractivity contribution in [1.82, 2.24) is 9.97 Å². The molecule has 3 aromatic carbocycles. The Morgan fingerprint density at radius 1 is 0.935 bits per heavy atom. The van der Waals surface area contributed by atoms with Crippen LogP contribution < -0.4 is 10.1 Å². The fourth-order valence-corrected chi connectivity index (χ4v) is 2.89. The topological polar surface area (TPSA) is 64.1 Å². The molecule has 0 aliphatic carbocycles. The summed E-state index contributed by atoms with van der Waals surface area (Å²) in [5, 5.41) is 2.57. The maximum absolute atomic E-state index is 13.2. The highest BCUT2D eigenvalue weighted by molar-refractivity contribution is 6.31. The number of nitrogens with one attached hydrogen (secondary N) is 1. The van der Waals surface area contributed by atoms with Crippen molar-refractivity contribution >= 4 is 23.2 Å². The van der Waals surface area contributed by atoms with Gasteiger partial charge >= 0.3 is 0 Å². The smallest absolute Gasteiger partial charge is 0.255 e. The Hall–Kier alpha value is -3.84. The molecule has 1 N–H and O–H groups in total. The van der Waals surface area contributed by atoms with E-state index in [1.54, 1.807) is 42.5 Å². The van der Waals surface area contributed by atoms with Gasteiger partial charge in [0, 0.05) is 29.1 Å². The average Bonchev–Trinajstić information content (AvgIpc) is 2.77. The lowest BCUT2D eigenvalue weighted by Crippen LogP contribution is -2.11. The molecular weight excluding hydrogens is 424 g/mol. The van der Waals surface area contributed by atoms with Gasteiger partial charge in [-0.25, -0.2) is 13.8 Å². The fraction of sp³-hybridized carbons (Fsp3) is 0. The number of hydrogen-bond donors (Lipinski definition) is 1. The molecule has 0 radical (unpaired) electrons. The molecule has 4 rings (SSSR count). The zero-order valence-electron chi connectivity index (χ0n) is 15.9. The maximum atomic E-state index is 13.2. The minimum Gasteiger partial charge on any atom is -0.439 e. The third-order valence-electron chi connectivity index (χ3n) is 4.25. The summed E-state index contributed by atoms with van der Waals surface area (Å²) in [6, 6.07) is 17.7. The molecule has 4 aromatic rings. The minimum absolute atomic E-state index is 0.0774. The summed E-state index contributed by atoms with van der Waals surface area (Å²) in [5.74, 6) is -0.129. The minimum atomic E-state index is -0.562. The highest BCUT2D eigenvalue weighted by atomic mass is 35.5. The molecule has 0 aliphatic heterocycles. The zero-order valence-corrected chi connectivity index (χ0v) is 16.6. The second kappa shape index (κ2) is 8.89. The van der Waals surface area contributed by atoms with E-state index in [1.165, 1.54) is 36.5 Å². The Labute approximate surface area is 181 Å². The van der Waals surface area contributed by atoms with Crippen molar-refractivity contribution in [2.24, 2.45) is 0 Å². The lowest BCUT2D eigenvalue weighted by Gasteiger charge is -2.08. The van der Waals surface area contributed by atoms with Crippen LogP contribution in [-0.4, -0.2) is 15.9 Å². The normalized spacial score (nSPS) is 10.5. The molecular formula is C23H14ClF2N3O2. The summed E-state index contributed by atoms with van der Waals surface area (Å²) in [5.41, 5.74) is 1.41. The van der Waals surface area contributed by atoms with Gasteiger partial charge in [-0.1, -0.05) is 11.6 Å². The second-order valence-corrected chi connectivity index (χ2v) is 6.84. The molecule has 5 nitrogen and oxygen atoms in total. The number of rotatable bonds is 5. The number of ether oxygens (including phenoxy) is 1. The predicted molar refractivity (Wildman–Crippen MR) is 113 cm³/mol. The molecule has 0 saturated carbocycles. The lowest BCUT2D eigenvalue weighted by molar-refractivity contribution is 0.102. The number of halogens is 3. The highest BCUT2D eigenvalue weighted by Crippen LogP contribution is 2.24. The van der Waals surface area contributed by atoms with Crippen molar-refractivity contribution < 1.29 is 18.3 Å². The Bertz CT molecular complexity index is 1230. The molecule has 31 heavy (non-hydrogen) atoms. The van der Waals surface area contributed by atoms with Crippen molar-refractivity contribution in [2.75, 3.05) is 5.32 Å². The number of nitrogens with zero attached hydrogens (tertiary/aromatic N) is 2. The Balaban J connectivity index is 1.45. The van der Waals surface area contributed by atoms with Gasteiger partial charge in [0.15, 0.2) is 5.82 Å². The van der Waals surface area contributed by atoms with Crippen molar-refractivity contribution in [3.63, 3.8) is 0 Å². The first-order valence-corrected chi connectivity index (χ1v) is 9.49.